The highest BCUT2D eigenvalue weighted by Gasteiger charge is 2.04. The summed E-state index contributed by atoms with van der Waals surface area (Å²) in [6.45, 7) is 1.03. The highest BCUT2D eigenvalue weighted by molar-refractivity contribution is 7.99. The molecule has 0 unspecified atom stereocenters. The van der Waals surface area contributed by atoms with Gasteiger partial charge in [-0.25, -0.2) is 9.78 Å². The maximum atomic E-state index is 10.7. The van der Waals surface area contributed by atoms with Crippen molar-refractivity contribution in [2.75, 3.05) is 26.4 Å². The predicted molar refractivity (Wildman–Crippen MR) is 65.1 cm³/mol. The van der Waals surface area contributed by atoms with Crippen LogP contribution in [0.4, 0.5) is 0 Å². The van der Waals surface area contributed by atoms with E-state index in [0.29, 0.717) is 5.56 Å². The molecule has 0 aliphatic rings. The first kappa shape index (κ1) is 13.0. The highest BCUT2D eigenvalue weighted by Crippen LogP contribution is 2.17. The van der Waals surface area contributed by atoms with Gasteiger partial charge in [0.2, 0.25) is 0 Å². The summed E-state index contributed by atoms with van der Waals surface area (Å²) in [5, 5.41) is 9.59. The molecule has 0 aromatic carbocycles. The Labute approximate surface area is 99.7 Å². The summed E-state index contributed by atoms with van der Waals surface area (Å²) in [7, 11) is 4.07. The fourth-order valence-electron chi connectivity index (χ4n) is 1.18. The maximum absolute atomic E-state index is 10.7. The molecule has 0 bridgehead atoms. The lowest BCUT2D eigenvalue weighted by atomic mass is 10.3. The molecule has 0 radical (unpaired) electrons. The van der Waals surface area contributed by atoms with E-state index in [1.54, 1.807) is 17.8 Å². The van der Waals surface area contributed by atoms with Gasteiger partial charge in [-0.3, -0.25) is 0 Å². The monoisotopic (exact) mass is 240 g/mol. The molecule has 0 spiro atoms. The van der Waals surface area contributed by atoms with Gasteiger partial charge in [-0.15, -0.1) is 11.8 Å². The van der Waals surface area contributed by atoms with Crippen molar-refractivity contribution in [2.24, 2.45) is 0 Å². The number of aromatic nitrogens is 1. The Morgan fingerprint density at radius 3 is 2.94 bits per heavy atom. The number of hydrogen-bond acceptors (Lipinski definition) is 4. The first-order valence-corrected chi connectivity index (χ1v) is 6.05. The minimum Gasteiger partial charge on any atom is -0.478 e. The second-order valence-electron chi connectivity index (χ2n) is 3.69. The number of hydrogen-bond donors (Lipinski definition) is 1. The minimum atomic E-state index is -0.905. The summed E-state index contributed by atoms with van der Waals surface area (Å²) < 4.78 is 0. The number of carboxylic acid groups (broad SMARTS) is 1. The first-order chi connectivity index (χ1) is 7.59. The molecule has 0 saturated carbocycles. The van der Waals surface area contributed by atoms with Crippen LogP contribution in [0.2, 0.25) is 0 Å². The van der Waals surface area contributed by atoms with Crippen LogP contribution in [0.15, 0.2) is 23.4 Å². The summed E-state index contributed by atoms with van der Waals surface area (Å²) in [4.78, 5) is 17.0. The van der Waals surface area contributed by atoms with E-state index in [2.05, 4.69) is 9.88 Å². The van der Waals surface area contributed by atoms with E-state index in [1.165, 1.54) is 12.3 Å². The molecular weight excluding hydrogens is 224 g/mol. The molecule has 0 fully saturated rings. The van der Waals surface area contributed by atoms with Crippen molar-refractivity contribution in [1.82, 2.24) is 9.88 Å². The van der Waals surface area contributed by atoms with Crippen LogP contribution >= 0.6 is 11.8 Å². The van der Waals surface area contributed by atoms with Crippen molar-refractivity contribution in [3.8, 4) is 0 Å². The van der Waals surface area contributed by atoms with Crippen molar-refractivity contribution >= 4 is 17.7 Å². The lowest BCUT2D eigenvalue weighted by Gasteiger charge is -2.08. The molecule has 0 aliphatic heterocycles. The van der Waals surface area contributed by atoms with Crippen LogP contribution in [0.1, 0.15) is 16.8 Å². The second-order valence-corrected chi connectivity index (χ2v) is 4.81. The van der Waals surface area contributed by atoms with Crippen molar-refractivity contribution in [1.29, 1.82) is 0 Å². The average Bonchev–Trinajstić information content (AvgIpc) is 2.24. The van der Waals surface area contributed by atoms with Gasteiger partial charge < -0.3 is 10.0 Å². The Bertz CT molecular complexity index is 356. The van der Waals surface area contributed by atoms with Gasteiger partial charge in [0.25, 0.3) is 0 Å². The number of carbonyl (C=O) groups is 1. The summed E-state index contributed by atoms with van der Waals surface area (Å²) in [6, 6.07) is 3.12. The van der Waals surface area contributed by atoms with E-state index in [-0.39, 0.29) is 0 Å². The number of thioether (sulfide) groups is 1. The van der Waals surface area contributed by atoms with E-state index < -0.39 is 5.97 Å². The third-order valence-corrected chi connectivity index (χ3v) is 2.99. The van der Waals surface area contributed by atoms with E-state index in [1.807, 2.05) is 14.1 Å². The van der Waals surface area contributed by atoms with Crippen LogP contribution in [0.5, 0.6) is 0 Å². The molecule has 0 saturated heterocycles. The summed E-state index contributed by atoms with van der Waals surface area (Å²) in [5.74, 6) is 0.0476. The molecule has 0 atom stereocenters. The minimum absolute atomic E-state index is 0.296. The molecule has 1 heterocycles. The Morgan fingerprint density at radius 2 is 2.31 bits per heavy atom. The average molecular weight is 240 g/mol. The smallest absolute Gasteiger partial charge is 0.335 e. The van der Waals surface area contributed by atoms with Crippen LogP contribution in [-0.2, 0) is 0 Å². The molecular formula is C11H16N2O2S. The zero-order chi connectivity index (χ0) is 12.0. The van der Waals surface area contributed by atoms with Crippen molar-refractivity contribution < 1.29 is 9.90 Å². The number of carboxylic acids is 1. The number of pyridine rings is 1. The van der Waals surface area contributed by atoms with Crippen molar-refractivity contribution in [3.05, 3.63) is 23.9 Å². The molecule has 1 aromatic rings. The normalized spacial score (nSPS) is 10.7. The quantitative estimate of drug-likeness (QED) is 0.607. The molecule has 5 heteroatoms. The van der Waals surface area contributed by atoms with Gasteiger partial charge in [0.15, 0.2) is 0 Å². The Balaban J connectivity index is 2.42. The maximum Gasteiger partial charge on any atom is 0.335 e. The van der Waals surface area contributed by atoms with Crippen LogP contribution in [0, 0.1) is 0 Å². The van der Waals surface area contributed by atoms with Crippen molar-refractivity contribution in [3.63, 3.8) is 0 Å². The largest absolute Gasteiger partial charge is 0.478 e. The molecule has 1 N–H and O–H groups in total. The molecule has 0 aliphatic carbocycles. The summed E-state index contributed by atoms with van der Waals surface area (Å²) in [5.41, 5.74) is 0.296. The summed E-state index contributed by atoms with van der Waals surface area (Å²) in [6.07, 6.45) is 2.61. The van der Waals surface area contributed by atoms with Gasteiger partial charge in [-0.2, -0.15) is 0 Å². The molecule has 1 rings (SSSR count). The van der Waals surface area contributed by atoms with E-state index in [9.17, 15) is 4.79 Å². The summed E-state index contributed by atoms with van der Waals surface area (Å²) >= 11 is 1.59. The zero-order valence-electron chi connectivity index (χ0n) is 9.51. The fourth-order valence-corrected chi connectivity index (χ4v) is 2.01. The van der Waals surface area contributed by atoms with Gasteiger partial charge in [-0.1, -0.05) is 0 Å². The fraction of sp³-hybridized carbons (Fsp3) is 0.455. The van der Waals surface area contributed by atoms with Crippen LogP contribution in [0.3, 0.4) is 0 Å². The number of rotatable bonds is 6. The molecule has 88 valence electrons. The van der Waals surface area contributed by atoms with E-state index in [0.717, 1.165) is 23.7 Å². The van der Waals surface area contributed by atoms with Gasteiger partial charge in [0, 0.05) is 11.9 Å². The van der Waals surface area contributed by atoms with Crippen LogP contribution in [0.25, 0.3) is 0 Å². The second kappa shape index (κ2) is 6.50. The van der Waals surface area contributed by atoms with E-state index in [4.69, 9.17) is 5.11 Å². The Kier molecular flexibility index (Phi) is 5.28. The first-order valence-electron chi connectivity index (χ1n) is 5.06. The highest BCUT2D eigenvalue weighted by atomic mass is 32.2. The standard InChI is InChI=1S/C11H16N2O2S/c1-13(2)6-3-7-16-10-8-9(11(14)15)4-5-12-10/h4-5,8H,3,6-7H2,1-2H3,(H,14,15). The van der Waals surface area contributed by atoms with Gasteiger partial charge in [0.05, 0.1) is 10.6 Å². The predicted octanol–water partition coefficient (Wildman–Crippen LogP) is 1.82. The third-order valence-electron chi connectivity index (χ3n) is 1.98. The van der Waals surface area contributed by atoms with Crippen LogP contribution < -0.4 is 0 Å². The van der Waals surface area contributed by atoms with Gasteiger partial charge in [0.1, 0.15) is 0 Å². The lowest BCUT2D eigenvalue weighted by Crippen LogP contribution is -2.13. The lowest BCUT2D eigenvalue weighted by molar-refractivity contribution is 0.0696. The molecule has 16 heavy (non-hydrogen) atoms. The molecule has 4 nitrogen and oxygen atoms in total. The van der Waals surface area contributed by atoms with Crippen molar-refractivity contribution in [2.45, 2.75) is 11.4 Å². The van der Waals surface area contributed by atoms with Gasteiger partial charge >= 0.3 is 5.97 Å². The Hall–Kier alpha value is -1.07. The molecule has 0 amide bonds. The SMILES string of the molecule is CN(C)CCCSc1cc(C(=O)O)ccn1. The Morgan fingerprint density at radius 1 is 1.56 bits per heavy atom. The number of aromatic carboxylic acids is 1. The van der Waals surface area contributed by atoms with Crippen LogP contribution in [-0.4, -0.2) is 47.4 Å². The number of nitrogens with zero attached hydrogens (tertiary/aromatic N) is 2. The third kappa shape index (κ3) is 4.63. The molecule has 1 aromatic heterocycles. The van der Waals surface area contributed by atoms with E-state index >= 15 is 0 Å². The topological polar surface area (TPSA) is 53.4 Å². The van der Waals surface area contributed by atoms with Gasteiger partial charge in [-0.05, 0) is 39.2 Å². The zero-order valence-corrected chi connectivity index (χ0v) is 10.3.